The lowest BCUT2D eigenvalue weighted by Gasteiger charge is -2.00. The zero-order valence-corrected chi connectivity index (χ0v) is 12.4. The molecule has 3 rings (SSSR count). The van der Waals surface area contributed by atoms with E-state index < -0.39 is 0 Å². The van der Waals surface area contributed by atoms with Crippen molar-refractivity contribution in [2.45, 2.75) is 0 Å². The van der Waals surface area contributed by atoms with E-state index in [1.165, 1.54) is 11.3 Å². The van der Waals surface area contributed by atoms with Crippen molar-refractivity contribution >= 4 is 45.6 Å². The van der Waals surface area contributed by atoms with Gasteiger partial charge in [0.05, 0.1) is 15.7 Å². The minimum atomic E-state index is 0.512. The highest BCUT2D eigenvalue weighted by atomic mass is 35.5. The van der Waals surface area contributed by atoms with E-state index in [1.807, 2.05) is 11.4 Å². The molecule has 0 atom stereocenters. The second-order valence-electron chi connectivity index (χ2n) is 3.86. The minimum Gasteiger partial charge on any atom is -0.300 e. The Labute approximate surface area is 129 Å². The maximum atomic E-state index is 6.01. The molecule has 1 aromatic carbocycles. The van der Waals surface area contributed by atoms with Gasteiger partial charge in [0.15, 0.2) is 5.13 Å². The molecule has 0 unspecified atom stereocenters. The Balaban J connectivity index is 1.84. The SMILES string of the molecule is Clc1ccc(-c2csc(Nc3ncccn3)n2)cc1Cl. The number of anilines is 2. The van der Waals surface area contributed by atoms with E-state index in [0.717, 1.165) is 16.4 Å². The molecular formula is C13H8Cl2N4S. The van der Waals surface area contributed by atoms with Crippen LogP contribution in [-0.4, -0.2) is 15.0 Å². The average Bonchev–Trinajstić information content (AvgIpc) is 2.91. The Kier molecular flexibility index (Phi) is 3.82. The van der Waals surface area contributed by atoms with Gasteiger partial charge in [0.2, 0.25) is 5.95 Å². The predicted octanol–water partition coefficient (Wildman–Crippen LogP) is 4.65. The molecule has 0 fully saturated rings. The van der Waals surface area contributed by atoms with Crippen molar-refractivity contribution in [2.24, 2.45) is 0 Å². The summed E-state index contributed by atoms with van der Waals surface area (Å²) in [5.41, 5.74) is 1.74. The molecule has 0 aliphatic carbocycles. The quantitative estimate of drug-likeness (QED) is 0.762. The largest absolute Gasteiger partial charge is 0.300 e. The molecule has 0 spiro atoms. The van der Waals surface area contributed by atoms with Gasteiger partial charge in [-0.1, -0.05) is 29.3 Å². The number of nitrogens with zero attached hydrogens (tertiary/aromatic N) is 3. The molecule has 100 valence electrons. The Bertz CT molecular complexity index is 730. The van der Waals surface area contributed by atoms with E-state index >= 15 is 0 Å². The first kappa shape index (κ1) is 13.3. The highest BCUT2D eigenvalue weighted by Crippen LogP contribution is 2.30. The number of aromatic nitrogens is 3. The van der Waals surface area contributed by atoms with E-state index in [4.69, 9.17) is 23.2 Å². The second-order valence-corrected chi connectivity index (χ2v) is 5.54. The third-order valence-corrected chi connectivity index (χ3v) is 4.00. The summed E-state index contributed by atoms with van der Waals surface area (Å²) >= 11 is 13.4. The second kappa shape index (κ2) is 5.75. The fourth-order valence-corrected chi connectivity index (χ4v) is 2.59. The topological polar surface area (TPSA) is 50.7 Å². The van der Waals surface area contributed by atoms with Gasteiger partial charge in [0, 0.05) is 23.3 Å². The molecule has 0 bridgehead atoms. The fraction of sp³-hybridized carbons (Fsp3) is 0. The van der Waals surface area contributed by atoms with Crippen molar-refractivity contribution < 1.29 is 0 Å². The molecule has 0 amide bonds. The molecule has 4 nitrogen and oxygen atoms in total. The van der Waals surface area contributed by atoms with Gasteiger partial charge in [-0.15, -0.1) is 11.3 Å². The first-order valence-corrected chi connectivity index (χ1v) is 7.31. The lowest BCUT2D eigenvalue weighted by Crippen LogP contribution is -1.94. The lowest BCUT2D eigenvalue weighted by atomic mass is 10.2. The molecule has 0 saturated heterocycles. The molecule has 2 heterocycles. The van der Waals surface area contributed by atoms with Gasteiger partial charge < -0.3 is 5.32 Å². The summed E-state index contributed by atoms with van der Waals surface area (Å²) in [7, 11) is 0. The first-order chi connectivity index (χ1) is 9.72. The molecule has 1 N–H and O–H groups in total. The Morgan fingerprint density at radius 1 is 1.05 bits per heavy atom. The third-order valence-electron chi connectivity index (χ3n) is 2.50. The maximum Gasteiger partial charge on any atom is 0.228 e. The van der Waals surface area contributed by atoms with E-state index in [9.17, 15) is 0 Å². The molecule has 0 saturated carbocycles. The van der Waals surface area contributed by atoms with Crippen molar-refractivity contribution in [3.63, 3.8) is 0 Å². The molecule has 20 heavy (non-hydrogen) atoms. The van der Waals surface area contributed by atoms with E-state index in [-0.39, 0.29) is 0 Å². The lowest BCUT2D eigenvalue weighted by molar-refractivity contribution is 1.16. The summed E-state index contributed by atoms with van der Waals surface area (Å²) in [5.74, 6) is 0.516. The summed E-state index contributed by atoms with van der Waals surface area (Å²) in [5, 5.41) is 6.74. The van der Waals surface area contributed by atoms with Crippen molar-refractivity contribution in [3.05, 3.63) is 52.1 Å². The van der Waals surface area contributed by atoms with Crippen LogP contribution in [0.4, 0.5) is 11.1 Å². The molecule has 3 aromatic rings. The zero-order valence-electron chi connectivity index (χ0n) is 10.0. The van der Waals surface area contributed by atoms with Crippen LogP contribution in [0.2, 0.25) is 10.0 Å². The number of nitrogens with one attached hydrogen (secondary N) is 1. The Morgan fingerprint density at radius 2 is 1.85 bits per heavy atom. The first-order valence-electron chi connectivity index (χ1n) is 5.67. The van der Waals surface area contributed by atoms with Crippen molar-refractivity contribution in [2.75, 3.05) is 5.32 Å². The van der Waals surface area contributed by atoms with Crippen LogP contribution in [-0.2, 0) is 0 Å². The van der Waals surface area contributed by atoms with Crippen molar-refractivity contribution in [1.82, 2.24) is 15.0 Å². The van der Waals surface area contributed by atoms with Crippen LogP contribution in [0, 0.1) is 0 Å². The maximum absolute atomic E-state index is 6.01. The number of benzene rings is 1. The van der Waals surface area contributed by atoms with Gasteiger partial charge in [0.25, 0.3) is 0 Å². The number of hydrogen-bond acceptors (Lipinski definition) is 5. The van der Waals surface area contributed by atoms with Crippen LogP contribution < -0.4 is 5.32 Å². The molecular weight excluding hydrogens is 315 g/mol. The van der Waals surface area contributed by atoms with Crippen LogP contribution in [0.1, 0.15) is 0 Å². The van der Waals surface area contributed by atoms with E-state index in [1.54, 1.807) is 30.6 Å². The van der Waals surface area contributed by atoms with Crippen LogP contribution in [0.5, 0.6) is 0 Å². The summed E-state index contributed by atoms with van der Waals surface area (Å²) in [6.07, 6.45) is 3.34. The Morgan fingerprint density at radius 3 is 2.60 bits per heavy atom. The zero-order chi connectivity index (χ0) is 13.9. The van der Waals surface area contributed by atoms with Gasteiger partial charge in [-0.05, 0) is 18.2 Å². The van der Waals surface area contributed by atoms with Crippen molar-refractivity contribution in [1.29, 1.82) is 0 Å². The normalized spacial score (nSPS) is 10.5. The molecule has 7 heteroatoms. The molecule has 0 aliphatic rings. The van der Waals surface area contributed by atoms with Crippen LogP contribution >= 0.6 is 34.5 Å². The molecule has 0 aliphatic heterocycles. The monoisotopic (exact) mass is 322 g/mol. The summed E-state index contributed by atoms with van der Waals surface area (Å²) < 4.78 is 0. The van der Waals surface area contributed by atoms with Gasteiger partial charge in [-0.3, -0.25) is 0 Å². The van der Waals surface area contributed by atoms with Crippen LogP contribution in [0.25, 0.3) is 11.3 Å². The smallest absolute Gasteiger partial charge is 0.228 e. The highest BCUT2D eigenvalue weighted by molar-refractivity contribution is 7.14. The average molecular weight is 323 g/mol. The summed E-state index contributed by atoms with van der Waals surface area (Å²) in [6.45, 7) is 0. The van der Waals surface area contributed by atoms with E-state index in [2.05, 4.69) is 20.3 Å². The number of rotatable bonds is 3. The highest BCUT2D eigenvalue weighted by Gasteiger charge is 2.07. The predicted molar refractivity (Wildman–Crippen MR) is 82.9 cm³/mol. The van der Waals surface area contributed by atoms with E-state index in [0.29, 0.717) is 16.0 Å². The number of thiazole rings is 1. The van der Waals surface area contributed by atoms with Gasteiger partial charge in [-0.25, -0.2) is 15.0 Å². The summed E-state index contributed by atoms with van der Waals surface area (Å²) in [6, 6.07) is 7.19. The van der Waals surface area contributed by atoms with Gasteiger partial charge >= 0.3 is 0 Å². The Hall–Kier alpha value is -1.69. The van der Waals surface area contributed by atoms with Gasteiger partial charge in [-0.2, -0.15) is 0 Å². The molecule has 0 radical (unpaired) electrons. The number of hydrogen-bond donors (Lipinski definition) is 1. The summed E-state index contributed by atoms with van der Waals surface area (Å²) in [4.78, 5) is 12.6. The standard InChI is InChI=1S/C13H8Cl2N4S/c14-9-3-2-8(6-10(9)15)11-7-20-13(18-11)19-12-16-4-1-5-17-12/h1-7H,(H,16,17,18,19). The molecule has 2 aromatic heterocycles. The number of halogens is 2. The van der Waals surface area contributed by atoms with Crippen LogP contribution in [0.15, 0.2) is 42.0 Å². The fourth-order valence-electron chi connectivity index (χ4n) is 1.58. The minimum absolute atomic E-state index is 0.512. The van der Waals surface area contributed by atoms with Gasteiger partial charge in [0.1, 0.15) is 0 Å². The third kappa shape index (κ3) is 2.90. The van der Waals surface area contributed by atoms with Crippen molar-refractivity contribution in [3.8, 4) is 11.3 Å². The van der Waals surface area contributed by atoms with Crippen LogP contribution in [0.3, 0.4) is 0 Å².